The summed E-state index contributed by atoms with van der Waals surface area (Å²) in [5.41, 5.74) is 0.824. The van der Waals surface area contributed by atoms with Crippen LogP contribution in [0, 0.1) is 5.82 Å². The minimum atomic E-state index is -0.597. The quantitative estimate of drug-likeness (QED) is 0.587. The van der Waals surface area contributed by atoms with Crippen LogP contribution in [0.1, 0.15) is 34.2 Å². The van der Waals surface area contributed by atoms with Crippen molar-refractivity contribution >= 4 is 34.8 Å². The van der Waals surface area contributed by atoms with Gasteiger partial charge in [-0.1, -0.05) is 12.1 Å². The molecule has 2 saturated heterocycles. The van der Waals surface area contributed by atoms with E-state index in [1.807, 2.05) is 5.38 Å². The molecule has 32 heavy (non-hydrogen) atoms. The van der Waals surface area contributed by atoms with Gasteiger partial charge < -0.3 is 20.1 Å². The number of morpholine rings is 1. The number of thiophene rings is 1. The van der Waals surface area contributed by atoms with Crippen molar-refractivity contribution in [1.82, 2.24) is 10.6 Å². The van der Waals surface area contributed by atoms with Crippen molar-refractivity contribution in [2.75, 3.05) is 37.7 Å². The van der Waals surface area contributed by atoms with Gasteiger partial charge in [-0.05, 0) is 23.6 Å². The summed E-state index contributed by atoms with van der Waals surface area (Å²) < 4.78 is 25.5. The van der Waals surface area contributed by atoms with Gasteiger partial charge in [-0.25, -0.2) is 9.18 Å². The van der Waals surface area contributed by atoms with E-state index in [1.54, 1.807) is 24.3 Å². The first kappa shape index (κ1) is 22.4. The summed E-state index contributed by atoms with van der Waals surface area (Å²) >= 11 is 1.34. The van der Waals surface area contributed by atoms with Crippen LogP contribution in [0.5, 0.6) is 0 Å². The lowest BCUT2D eigenvalue weighted by molar-refractivity contribution is -0.121. The van der Waals surface area contributed by atoms with Gasteiger partial charge >= 0.3 is 6.09 Å². The van der Waals surface area contributed by atoms with E-state index in [2.05, 4.69) is 10.6 Å². The Balaban J connectivity index is 1.27. The fraction of sp³-hybridized carbons (Fsp3) is 0.409. The number of anilines is 1. The lowest BCUT2D eigenvalue weighted by Gasteiger charge is -2.25. The summed E-state index contributed by atoms with van der Waals surface area (Å²) in [5, 5.41) is 7.67. The molecule has 3 heterocycles. The summed E-state index contributed by atoms with van der Waals surface area (Å²) in [5.74, 6) is -0.814. The number of ether oxygens (including phenoxy) is 2. The van der Waals surface area contributed by atoms with Crippen molar-refractivity contribution in [3.8, 4) is 0 Å². The van der Waals surface area contributed by atoms with E-state index in [1.165, 1.54) is 22.3 Å². The molecule has 10 heteroatoms. The Labute approximate surface area is 188 Å². The number of rotatable bonds is 8. The van der Waals surface area contributed by atoms with E-state index < -0.39 is 18.0 Å². The Morgan fingerprint density at radius 1 is 1.28 bits per heavy atom. The van der Waals surface area contributed by atoms with Crippen molar-refractivity contribution in [2.24, 2.45) is 0 Å². The van der Waals surface area contributed by atoms with Crippen LogP contribution >= 0.6 is 11.3 Å². The van der Waals surface area contributed by atoms with E-state index in [0.717, 1.165) is 6.54 Å². The third-order valence-electron chi connectivity index (χ3n) is 5.35. The van der Waals surface area contributed by atoms with Crippen LogP contribution in [-0.2, 0) is 14.3 Å². The lowest BCUT2D eigenvalue weighted by Crippen LogP contribution is -2.35. The Morgan fingerprint density at radius 2 is 2.16 bits per heavy atom. The molecule has 1 aromatic heterocycles. The molecule has 0 spiro atoms. The van der Waals surface area contributed by atoms with Crippen molar-refractivity contribution in [3.05, 3.63) is 52.0 Å². The number of benzene rings is 1. The monoisotopic (exact) mass is 461 g/mol. The van der Waals surface area contributed by atoms with E-state index in [9.17, 15) is 18.8 Å². The predicted octanol–water partition coefficient (Wildman–Crippen LogP) is 2.65. The van der Waals surface area contributed by atoms with Gasteiger partial charge in [-0.15, -0.1) is 11.3 Å². The van der Waals surface area contributed by atoms with Gasteiger partial charge in [-0.3, -0.25) is 14.5 Å². The van der Waals surface area contributed by atoms with Crippen molar-refractivity contribution in [2.45, 2.75) is 25.0 Å². The topological polar surface area (TPSA) is 97.0 Å². The SMILES string of the molecule is O=C(CCC(=O)c1cccs1)NC[C@H]1CN(c2ccc(C3CNCCO3)c(F)c2)C(=O)O1. The van der Waals surface area contributed by atoms with Gasteiger partial charge in [0.25, 0.3) is 0 Å². The molecular formula is C22H24FN3O5S. The molecule has 2 aliphatic rings. The molecule has 170 valence electrons. The Morgan fingerprint density at radius 3 is 2.88 bits per heavy atom. The smallest absolute Gasteiger partial charge is 0.414 e. The molecule has 1 unspecified atom stereocenters. The normalized spacial score (nSPS) is 20.8. The van der Waals surface area contributed by atoms with Gasteiger partial charge in [0.2, 0.25) is 5.91 Å². The third-order valence-corrected chi connectivity index (χ3v) is 6.26. The van der Waals surface area contributed by atoms with Crippen LogP contribution in [0.15, 0.2) is 35.7 Å². The van der Waals surface area contributed by atoms with E-state index in [-0.39, 0.29) is 43.7 Å². The van der Waals surface area contributed by atoms with Crippen LogP contribution in [0.2, 0.25) is 0 Å². The van der Waals surface area contributed by atoms with Crippen LogP contribution < -0.4 is 15.5 Å². The Kier molecular flexibility index (Phi) is 7.13. The Bertz CT molecular complexity index is 978. The van der Waals surface area contributed by atoms with E-state index in [0.29, 0.717) is 29.3 Å². The first-order chi connectivity index (χ1) is 15.5. The van der Waals surface area contributed by atoms with Crippen molar-refractivity contribution in [1.29, 1.82) is 0 Å². The maximum Gasteiger partial charge on any atom is 0.414 e. The summed E-state index contributed by atoms with van der Waals surface area (Å²) in [6, 6.07) is 8.10. The molecule has 2 atom stereocenters. The second-order valence-corrected chi connectivity index (χ2v) is 8.54. The highest BCUT2D eigenvalue weighted by Crippen LogP contribution is 2.28. The highest BCUT2D eigenvalue weighted by molar-refractivity contribution is 7.12. The fourth-order valence-corrected chi connectivity index (χ4v) is 4.35. The molecule has 0 radical (unpaired) electrons. The first-order valence-electron chi connectivity index (χ1n) is 10.4. The molecule has 2 aromatic rings. The van der Waals surface area contributed by atoms with Gasteiger partial charge in [0.05, 0.1) is 36.4 Å². The van der Waals surface area contributed by atoms with E-state index in [4.69, 9.17) is 9.47 Å². The van der Waals surface area contributed by atoms with E-state index >= 15 is 0 Å². The average molecular weight is 462 g/mol. The van der Waals surface area contributed by atoms with Crippen LogP contribution in [-0.4, -0.2) is 56.7 Å². The molecule has 4 rings (SSSR count). The van der Waals surface area contributed by atoms with Crippen LogP contribution in [0.3, 0.4) is 0 Å². The lowest BCUT2D eigenvalue weighted by atomic mass is 10.1. The highest BCUT2D eigenvalue weighted by atomic mass is 32.1. The van der Waals surface area contributed by atoms with Gasteiger partial charge in [-0.2, -0.15) is 0 Å². The maximum absolute atomic E-state index is 14.6. The summed E-state index contributed by atoms with van der Waals surface area (Å²) in [4.78, 5) is 38.3. The zero-order valence-corrected chi connectivity index (χ0v) is 18.2. The van der Waals surface area contributed by atoms with Crippen molar-refractivity contribution in [3.63, 3.8) is 0 Å². The molecule has 8 nitrogen and oxygen atoms in total. The maximum atomic E-state index is 14.6. The number of cyclic esters (lactones) is 1. The zero-order chi connectivity index (χ0) is 22.5. The van der Waals surface area contributed by atoms with Crippen LogP contribution in [0.4, 0.5) is 14.9 Å². The highest BCUT2D eigenvalue weighted by Gasteiger charge is 2.33. The summed E-state index contributed by atoms with van der Waals surface area (Å²) in [6.07, 6.45) is -1.34. The van der Waals surface area contributed by atoms with Crippen LogP contribution in [0.25, 0.3) is 0 Å². The van der Waals surface area contributed by atoms with Crippen molar-refractivity contribution < 1.29 is 28.2 Å². The number of carbonyl (C=O) groups is 3. The second kappa shape index (κ2) is 10.2. The zero-order valence-electron chi connectivity index (χ0n) is 17.3. The van der Waals surface area contributed by atoms with Gasteiger partial charge in [0, 0.05) is 31.5 Å². The minimum absolute atomic E-state index is 0.0614. The largest absolute Gasteiger partial charge is 0.442 e. The summed E-state index contributed by atoms with van der Waals surface area (Å²) in [6.45, 7) is 2.09. The number of Topliss-reactive ketones (excluding diaryl/α,β-unsaturated/α-hetero) is 1. The number of halogens is 1. The molecule has 2 aliphatic heterocycles. The molecule has 2 amide bonds. The number of nitrogens with zero attached hydrogens (tertiary/aromatic N) is 1. The predicted molar refractivity (Wildman–Crippen MR) is 116 cm³/mol. The molecular weight excluding hydrogens is 437 g/mol. The fourth-order valence-electron chi connectivity index (χ4n) is 3.65. The third kappa shape index (κ3) is 5.32. The number of ketones is 1. The second-order valence-electron chi connectivity index (χ2n) is 7.59. The molecule has 2 fully saturated rings. The number of carbonyl (C=O) groups excluding carboxylic acids is 3. The Hall–Kier alpha value is -2.82. The van der Waals surface area contributed by atoms with Gasteiger partial charge in [0.1, 0.15) is 11.9 Å². The number of hydrogen-bond donors (Lipinski definition) is 2. The average Bonchev–Trinajstić information content (AvgIpc) is 3.46. The molecule has 2 N–H and O–H groups in total. The summed E-state index contributed by atoms with van der Waals surface area (Å²) in [7, 11) is 0. The first-order valence-corrected chi connectivity index (χ1v) is 11.3. The molecule has 0 bridgehead atoms. The number of hydrogen-bond acceptors (Lipinski definition) is 7. The molecule has 0 aliphatic carbocycles. The molecule has 0 saturated carbocycles. The number of amides is 2. The van der Waals surface area contributed by atoms with Gasteiger partial charge in [0.15, 0.2) is 5.78 Å². The molecule has 1 aromatic carbocycles. The minimum Gasteiger partial charge on any atom is -0.442 e. The standard InChI is InChI=1S/C22H24FN3O5S/c23-17-10-14(3-4-16(17)19-12-24-7-8-30-19)26-13-15(31-22(26)29)11-25-21(28)6-5-18(27)20-2-1-9-32-20/h1-4,9-10,15,19,24H,5-8,11-13H2,(H,25,28)/t15-,19?/m0/s1. The number of nitrogens with one attached hydrogen (secondary N) is 2.